The molecule has 0 radical (unpaired) electrons. The van der Waals surface area contributed by atoms with Gasteiger partial charge in [-0.2, -0.15) is 0 Å². The maximum Gasteiger partial charge on any atom is 0.224 e. The molecule has 4 heteroatoms. The second-order valence-electron chi connectivity index (χ2n) is 5.61. The van der Waals surface area contributed by atoms with E-state index in [0.29, 0.717) is 24.3 Å². The van der Waals surface area contributed by atoms with Gasteiger partial charge in [-0.25, -0.2) is 0 Å². The quantitative estimate of drug-likeness (QED) is 0.880. The minimum Gasteiger partial charge on any atom is -0.493 e. The highest BCUT2D eigenvalue weighted by Crippen LogP contribution is 2.28. The first-order valence-corrected chi connectivity index (χ1v) is 7.61. The zero-order valence-electron chi connectivity index (χ0n) is 14.1. The molecule has 122 valence electrons. The number of anilines is 1. The molecule has 0 aliphatic carbocycles. The van der Waals surface area contributed by atoms with Gasteiger partial charge in [0.05, 0.1) is 14.2 Å². The molecule has 1 N–H and O–H groups in total. The van der Waals surface area contributed by atoms with Crippen LogP contribution >= 0.6 is 0 Å². The molecule has 0 heterocycles. The number of benzene rings is 2. The van der Waals surface area contributed by atoms with Crippen molar-refractivity contribution in [2.24, 2.45) is 0 Å². The molecular formula is C19H23NO3. The molecule has 2 rings (SSSR count). The maximum absolute atomic E-state index is 12.1. The number of ether oxygens (including phenoxy) is 2. The molecule has 1 amide bonds. The summed E-state index contributed by atoms with van der Waals surface area (Å²) in [5.74, 6) is 1.38. The molecule has 0 spiro atoms. The number of carbonyl (C=O) groups is 1. The van der Waals surface area contributed by atoms with E-state index >= 15 is 0 Å². The van der Waals surface area contributed by atoms with Gasteiger partial charge in [0.2, 0.25) is 5.91 Å². The monoisotopic (exact) mass is 313 g/mol. The minimum absolute atomic E-state index is 0.00443. The van der Waals surface area contributed by atoms with E-state index in [-0.39, 0.29) is 5.91 Å². The molecule has 0 unspecified atom stereocenters. The van der Waals surface area contributed by atoms with E-state index < -0.39 is 0 Å². The molecule has 0 aliphatic rings. The molecule has 0 saturated heterocycles. The van der Waals surface area contributed by atoms with Crippen LogP contribution in [-0.2, 0) is 11.2 Å². The molecule has 0 aliphatic heterocycles. The van der Waals surface area contributed by atoms with Crippen LogP contribution in [0.15, 0.2) is 36.4 Å². The Bertz CT molecular complexity index is 675. The fourth-order valence-electron chi connectivity index (χ4n) is 2.56. The van der Waals surface area contributed by atoms with E-state index in [2.05, 4.69) is 11.4 Å². The van der Waals surface area contributed by atoms with Crippen LogP contribution in [0.4, 0.5) is 5.69 Å². The molecular weight excluding hydrogens is 290 g/mol. The number of amides is 1. The summed E-state index contributed by atoms with van der Waals surface area (Å²) in [7, 11) is 3.21. The van der Waals surface area contributed by atoms with Gasteiger partial charge in [-0.3, -0.25) is 4.79 Å². The number of aryl methyl sites for hydroxylation is 3. The summed E-state index contributed by atoms with van der Waals surface area (Å²) in [6.45, 7) is 4.04. The van der Waals surface area contributed by atoms with Crippen LogP contribution in [0, 0.1) is 13.8 Å². The number of hydrogen-bond acceptors (Lipinski definition) is 3. The van der Waals surface area contributed by atoms with Crippen molar-refractivity contribution in [3.05, 3.63) is 53.1 Å². The van der Waals surface area contributed by atoms with Crippen molar-refractivity contribution in [3.8, 4) is 11.5 Å². The van der Waals surface area contributed by atoms with Gasteiger partial charge < -0.3 is 14.8 Å². The number of nitrogens with one attached hydrogen (secondary N) is 1. The van der Waals surface area contributed by atoms with Gasteiger partial charge in [0.15, 0.2) is 11.5 Å². The van der Waals surface area contributed by atoms with E-state index in [1.165, 1.54) is 0 Å². The number of rotatable bonds is 6. The first kappa shape index (κ1) is 16.9. The predicted octanol–water partition coefficient (Wildman–Crippen LogP) is 3.89. The second-order valence-corrected chi connectivity index (χ2v) is 5.61. The molecule has 0 bridgehead atoms. The Morgan fingerprint density at radius 2 is 1.61 bits per heavy atom. The average Bonchev–Trinajstić information content (AvgIpc) is 2.51. The fraction of sp³-hybridized carbons (Fsp3) is 0.316. The van der Waals surface area contributed by atoms with E-state index in [1.54, 1.807) is 14.2 Å². The van der Waals surface area contributed by atoms with Crippen molar-refractivity contribution < 1.29 is 14.3 Å². The van der Waals surface area contributed by atoms with Gasteiger partial charge in [0.1, 0.15) is 0 Å². The lowest BCUT2D eigenvalue weighted by molar-refractivity contribution is -0.116. The van der Waals surface area contributed by atoms with Gasteiger partial charge >= 0.3 is 0 Å². The predicted molar refractivity (Wildman–Crippen MR) is 92.4 cm³/mol. The van der Waals surface area contributed by atoms with Gasteiger partial charge in [-0.1, -0.05) is 12.1 Å². The van der Waals surface area contributed by atoms with Crippen LogP contribution in [0.2, 0.25) is 0 Å². The number of hydrogen-bond donors (Lipinski definition) is 1. The summed E-state index contributed by atoms with van der Waals surface area (Å²) in [6, 6.07) is 11.7. The van der Waals surface area contributed by atoms with Crippen LogP contribution in [0.5, 0.6) is 11.5 Å². The highest BCUT2D eigenvalue weighted by molar-refractivity contribution is 5.91. The Kier molecular flexibility index (Phi) is 5.63. The first-order chi connectivity index (χ1) is 11.0. The lowest BCUT2D eigenvalue weighted by atomic mass is 10.1. The maximum atomic E-state index is 12.1. The lowest BCUT2D eigenvalue weighted by Crippen LogP contribution is -2.12. The van der Waals surface area contributed by atoms with Crippen molar-refractivity contribution in [3.63, 3.8) is 0 Å². The fourth-order valence-corrected chi connectivity index (χ4v) is 2.56. The van der Waals surface area contributed by atoms with Crippen LogP contribution < -0.4 is 14.8 Å². The molecule has 2 aromatic rings. The van der Waals surface area contributed by atoms with Crippen LogP contribution in [0.25, 0.3) is 0 Å². The third kappa shape index (κ3) is 4.74. The van der Waals surface area contributed by atoms with Crippen molar-refractivity contribution in [2.45, 2.75) is 26.7 Å². The Labute approximate surface area is 137 Å². The normalized spacial score (nSPS) is 10.3. The van der Waals surface area contributed by atoms with Gasteiger partial charge in [-0.05, 0) is 61.2 Å². The summed E-state index contributed by atoms with van der Waals surface area (Å²) < 4.78 is 10.5. The zero-order valence-corrected chi connectivity index (χ0v) is 14.1. The molecule has 0 fully saturated rings. The average molecular weight is 313 g/mol. The minimum atomic E-state index is 0.00443. The number of methoxy groups -OCH3 is 2. The van der Waals surface area contributed by atoms with Crippen LogP contribution in [0.3, 0.4) is 0 Å². The summed E-state index contributed by atoms with van der Waals surface area (Å²) in [6.07, 6.45) is 1.07. The molecule has 0 saturated carbocycles. The summed E-state index contributed by atoms with van der Waals surface area (Å²) in [5.41, 5.74) is 4.17. The van der Waals surface area contributed by atoms with E-state index in [9.17, 15) is 4.79 Å². The highest BCUT2D eigenvalue weighted by Gasteiger charge is 2.07. The Balaban J connectivity index is 1.96. The molecule has 4 nitrogen and oxygen atoms in total. The van der Waals surface area contributed by atoms with E-state index in [1.807, 2.05) is 44.2 Å². The standard InChI is InChI=1S/C19H23NO3/c1-13-9-14(2)11-16(10-13)20-19(21)8-6-15-5-7-17(22-3)18(12-15)23-4/h5,7,9-12H,6,8H2,1-4H3,(H,20,21). The summed E-state index contributed by atoms with van der Waals surface area (Å²) in [4.78, 5) is 12.1. The van der Waals surface area contributed by atoms with Crippen LogP contribution in [0.1, 0.15) is 23.1 Å². The Morgan fingerprint density at radius 1 is 0.957 bits per heavy atom. The van der Waals surface area contributed by atoms with Crippen molar-refractivity contribution in [2.75, 3.05) is 19.5 Å². The summed E-state index contributed by atoms with van der Waals surface area (Å²) >= 11 is 0. The van der Waals surface area contributed by atoms with Gasteiger partial charge in [0.25, 0.3) is 0 Å². The van der Waals surface area contributed by atoms with Gasteiger partial charge in [0, 0.05) is 12.1 Å². The Hall–Kier alpha value is -2.49. The molecule has 2 aromatic carbocycles. The van der Waals surface area contributed by atoms with E-state index in [4.69, 9.17) is 9.47 Å². The molecule has 23 heavy (non-hydrogen) atoms. The van der Waals surface area contributed by atoms with Crippen molar-refractivity contribution in [1.29, 1.82) is 0 Å². The van der Waals surface area contributed by atoms with Crippen molar-refractivity contribution in [1.82, 2.24) is 0 Å². The summed E-state index contributed by atoms with van der Waals surface area (Å²) in [5, 5.41) is 2.95. The highest BCUT2D eigenvalue weighted by atomic mass is 16.5. The van der Waals surface area contributed by atoms with E-state index in [0.717, 1.165) is 22.4 Å². The van der Waals surface area contributed by atoms with Gasteiger partial charge in [-0.15, -0.1) is 0 Å². The molecule has 0 atom stereocenters. The second kappa shape index (κ2) is 7.68. The zero-order chi connectivity index (χ0) is 16.8. The van der Waals surface area contributed by atoms with Crippen molar-refractivity contribution >= 4 is 11.6 Å². The lowest BCUT2D eigenvalue weighted by Gasteiger charge is -2.10. The third-order valence-corrected chi connectivity index (χ3v) is 3.59. The number of carbonyl (C=O) groups excluding carboxylic acids is 1. The largest absolute Gasteiger partial charge is 0.493 e. The SMILES string of the molecule is COc1ccc(CCC(=O)Nc2cc(C)cc(C)c2)cc1OC. The van der Waals surface area contributed by atoms with Crippen LogP contribution in [-0.4, -0.2) is 20.1 Å². The topological polar surface area (TPSA) is 47.6 Å². The molecule has 0 aromatic heterocycles. The third-order valence-electron chi connectivity index (χ3n) is 3.59. The first-order valence-electron chi connectivity index (χ1n) is 7.61. The smallest absolute Gasteiger partial charge is 0.224 e. The Morgan fingerprint density at radius 3 is 2.22 bits per heavy atom.